The molecule has 0 saturated heterocycles. The molecule has 0 radical (unpaired) electrons. The molecule has 0 bridgehead atoms. The predicted molar refractivity (Wildman–Crippen MR) is 199 cm³/mol. The van der Waals surface area contributed by atoms with Gasteiger partial charge in [-0.3, -0.25) is 0 Å². The summed E-state index contributed by atoms with van der Waals surface area (Å²) >= 11 is 0. The van der Waals surface area contributed by atoms with Gasteiger partial charge in [0.2, 0.25) is 0 Å². The number of hydrogen-bond donors (Lipinski definition) is 0. The van der Waals surface area contributed by atoms with Crippen LogP contribution >= 0.6 is 14.5 Å². The van der Waals surface area contributed by atoms with Gasteiger partial charge >= 0.3 is 22.4 Å². The fourth-order valence-electron chi connectivity index (χ4n) is 5.87. The van der Waals surface area contributed by atoms with Gasteiger partial charge in [-0.2, -0.15) is 6.16 Å². The van der Waals surface area contributed by atoms with Gasteiger partial charge in [0.05, 0.1) is 21.7 Å². The third-order valence-electron chi connectivity index (χ3n) is 7.73. The van der Waals surface area contributed by atoms with E-state index in [-0.39, 0.29) is 33.9 Å². The van der Waals surface area contributed by atoms with Gasteiger partial charge in [0, 0.05) is 13.0 Å². The number of carbonyl (C=O) groups excluding carboxylic acids is 1. The predicted octanol–water partition coefficient (Wildman–Crippen LogP) is 2.17. The molecule has 0 aliphatic heterocycles. The zero-order valence-corrected chi connectivity index (χ0v) is 32.5. The Morgan fingerprint density at radius 3 is 0.885 bits per heavy atom. The van der Waals surface area contributed by atoms with Crippen LogP contribution in [0.2, 0.25) is 0 Å². The van der Waals surface area contributed by atoms with Crippen LogP contribution in [0.5, 0.6) is 0 Å². The van der Waals surface area contributed by atoms with Crippen LogP contribution in [0.15, 0.2) is 194 Å². The average Bonchev–Trinajstić information content (AvgIpc) is 3.14. The van der Waals surface area contributed by atoms with Crippen LogP contribution in [0.25, 0.3) is 0 Å². The first-order chi connectivity index (χ1) is 24.5. The van der Waals surface area contributed by atoms with Gasteiger partial charge < -0.3 is 9.90 Å². The van der Waals surface area contributed by atoms with E-state index in [4.69, 9.17) is 18.6 Å². The van der Waals surface area contributed by atoms with Crippen LogP contribution in [-0.4, -0.2) is 5.78 Å². The van der Waals surface area contributed by atoms with E-state index in [0.717, 1.165) is 0 Å². The van der Waals surface area contributed by atoms with Crippen molar-refractivity contribution in [1.29, 1.82) is 0 Å². The summed E-state index contributed by atoms with van der Waals surface area (Å²) in [4.78, 5) is 12.2. The van der Waals surface area contributed by atoms with Crippen molar-refractivity contribution in [3.05, 3.63) is 200 Å². The number of ketones is 1. The molecule has 6 aromatic rings. The molecule has 0 heterocycles. The first-order valence-corrected chi connectivity index (χ1v) is 20.9. The largest absolute Gasteiger partial charge is 1.00 e. The molecular weight excluding hydrogens is 806 g/mol. The van der Waals surface area contributed by atoms with Crippen molar-refractivity contribution in [2.45, 2.75) is 13.8 Å². The Balaban J connectivity index is 0.000000244. The SMILES string of the molecule is C/C([O-])=C/[P+](c1ccccc1)(c1ccccc1)c1ccccc1.CC(=O)[CH-][P+](c1ccccc1)(c1ccccc1)c1ccccc1.[Ag+].[O-][Cl+3]([O-])([O-])[O-]. The van der Waals surface area contributed by atoms with Gasteiger partial charge in [-0.1, -0.05) is 122 Å². The van der Waals surface area contributed by atoms with Crippen LogP contribution in [0.3, 0.4) is 0 Å². The van der Waals surface area contributed by atoms with E-state index in [9.17, 15) is 9.90 Å². The molecule has 270 valence electrons. The van der Waals surface area contributed by atoms with Crippen molar-refractivity contribution in [1.82, 2.24) is 0 Å². The van der Waals surface area contributed by atoms with Gasteiger partial charge in [-0.15, -0.1) is 10.2 Å². The Bertz CT molecular complexity index is 1740. The second kappa shape index (κ2) is 20.4. The third-order valence-corrected chi connectivity index (χ3v) is 15.9. The summed E-state index contributed by atoms with van der Waals surface area (Å²) in [6, 6.07) is 62.2. The topological polar surface area (TPSA) is 132 Å². The van der Waals surface area contributed by atoms with Crippen LogP contribution in [0.1, 0.15) is 13.8 Å². The third kappa shape index (κ3) is 11.6. The van der Waals surface area contributed by atoms with Gasteiger partial charge in [0.25, 0.3) is 0 Å². The number of rotatable bonds is 9. The molecule has 0 unspecified atom stereocenters. The van der Waals surface area contributed by atoms with Crippen molar-refractivity contribution in [2.24, 2.45) is 0 Å². The summed E-state index contributed by atoms with van der Waals surface area (Å²) in [5, 5.41) is 19.4. The molecule has 0 atom stereocenters. The van der Waals surface area contributed by atoms with E-state index in [0.29, 0.717) is 0 Å². The molecule has 6 rings (SSSR count). The summed E-state index contributed by atoms with van der Waals surface area (Å²) in [7, 11) is -9.11. The summed E-state index contributed by atoms with van der Waals surface area (Å²) in [6.45, 7) is 3.28. The molecule has 0 fully saturated rings. The minimum atomic E-state index is -4.94. The smallest absolute Gasteiger partial charge is 0.873 e. The van der Waals surface area contributed by atoms with E-state index in [1.54, 1.807) is 13.8 Å². The zero-order valence-electron chi connectivity index (χ0n) is 28.5. The van der Waals surface area contributed by atoms with E-state index >= 15 is 0 Å². The fourth-order valence-corrected chi connectivity index (χ4v) is 13.5. The standard InChI is InChI=1S/2C21H19OP.Ag.ClHO4/c2*1-18(22)17-23(19-11-5-2-6-12-19,20-13-7-3-8-14-20)21-15-9-4-10-16-21;;2-1(3,4)5/h2*2-17H,1H3;;(H,2,3,4,5)/q;;+1;/p-1/b18-17-;;;. The zero-order chi connectivity index (χ0) is 36.7. The first-order valence-electron chi connectivity index (χ1n) is 15.9. The number of hydrogen-bond acceptors (Lipinski definition) is 6. The maximum atomic E-state index is 12.2. The maximum absolute atomic E-state index is 12.2. The molecule has 10 heteroatoms. The number of halogens is 1. The minimum Gasteiger partial charge on any atom is -0.873 e. The Morgan fingerprint density at radius 2 is 0.692 bits per heavy atom. The first kappa shape index (κ1) is 42.5. The van der Waals surface area contributed by atoms with Crippen molar-refractivity contribution in [3.8, 4) is 0 Å². The summed E-state index contributed by atoms with van der Waals surface area (Å²) in [5.74, 6) is 2.15. The Morgan fingerprint density at radius 1 is 0.481 bits per heavy atom. The Kier molecular flexibility index (Phi) is 16.7. The van der Waals surface area contributed by atoms with Gasteiger partial charge in [0.15, 0.2) is 0 Å². The molecule has 0 amide bonds. The monoisotopic (exact) mass is 842 g/mol. The minimum absolute atomic E-state index is 0. The van der Waals surface area contributed by atoms with Crippen LogP contribution in [0.4, 0.5) is 0 Å². The molecule has 0 saturated carbocycles. The van der Waals surface area contributed by atoms with E-state index < -0.39 is 24.8 Å². The normalized spacial score (nSPS) is 11.4. The van der Waals surface area contributed by atoms with E-state index in [2.05, 4.69) is 72.8 Å². The summed E-state index contributed by atoms with van der Waals surface area (Å²) < 4.78 is 34.0. The maximum Gasteiger partial charge on any atom is 1.00 e. The van der Waals surface area contributed by atoms with Crippen LogP contribution in [-0.2, 0) is 27.2 Å². The molecule has 0 aromatic heterocycles. The van der Waals surface area contributed by atoms with Crippen molar-refractivity contribution in [2.75, 3.05) is 0 Å². The van der Waals surface area contributed by atoms with Gasteiger partial charge in [-0.05, 0) is 79.7 Å². The second-order valence-electron chi connectivity index (χ2n) is 11.3. The Hall–Kier alpha value is -3.87. The molecule has 0 aliphatic carbocycles. The van der Waals surface area contributed by atoms with Crippen LogP contribution < -0.4 is 55.6 Å². The number of benzene rings is 6. The molecule has 6 aromatic carbocycles. The van der Waals surface area contributed by atoms with Crippen LogP contribution in [0, 0.1) is 16.4 Å². The molecule has 0 aliphatic rings. The molecule has 6 nitrogen and oxygen atoms in total. The van der Waals surface area contributed by atoms with Crippen molar-refractivity contribution < 1.29 is 61.2 Å². The number of Topliss-reactive ketones (excluding diaryl/α,β-unsaturated/α-hetero) is 1. The molecule has 52 heavy (non-hydrogen) atoms. The molecule has 0 spiro atoms. The number of allylic oxidation sites excluding steroid dienone is 1. The molecule has 0 N–H and O–H groups in total. The van der Waals surface area contributed by atoms with Crippen molar-refractivity contribution in [3.63, 3.8) is 0 Å². The van der Waals surface area contributed by atoms with Gasteiger partial charge in [0.1, 0.15) is 23.2 Å². The number of carbonyl (C=O) groups is 1. The summed E-state index contributed by atoms with van der Waals surface area (Å²) in [6.07, 6.45) is 1.94. The summed E-state index contributed by atoms with van der Waals surface area (Å²) in [5.41, 5.74) is 0. The Labute approximate surface area is 325 Å². The van der Waals surface area contributed by atoms with E-state index in [1.807, 2.05) is 121 Å². The quantitative estimate of drug-likeness (QED) is 0.0950. The van der Waals surface area contributed by atoms with Crippen molar-refractivity contribution >= 4 is 52.1 Å². The fraction of sp³-hybridized carbons (Fsp3) is 0.0476. The molecular formula is C42H38AgClO6P2. The van der Waals surface area contributed by atoms with E-state index in [1.165, 1.54) is 31.8 Å². The average molecular weight is 844 g/mol. The van der Waals surface area contributed by atoms with Gasteiger partial charge in [-0.25, -0.2) is 18.6 Å². The second-order valence-corrected chi connectivity index (χ2v) is 18.6.